The van der Waals surface area contributed by atoms with Crippen LogP contribution in [0.25, 0.3) is 0 Å². The number of nitrogens with zero attached hydrogens (tertiary/aromatic N) is 1. The zero-order chi connectivity index (χ0) is 13.7. The van der Waals surface area contributed by atoms with Crippen molar-refractivity contribution in [3.8, 4) is 5.75 Å². The van der Waals surface area contributed by atoms with Gasteiger partial charge in [-0.15, -0.1) is 0 Å². The molecule has 0 bridgehead atoms. The van der Waals surface area contributed by atoms with Crippen molar-refractivity contribution in [1.82, 2.24) is 4.98 Å². The van der Waals surface area contributed by atoms with Gasteiger partial charge in [0.05, 0.1) is 18.0 Å². The highest BCUT2D eigenvalue weighted by Crippen LogP contribution is 2.27. The minimum atomic E-state index is -0.287. The summed E-state index contributed by atoms with van der Waals surface area (Å²) in [7, 11) is 1.36. The molecule has 100 valence electrons. The van der Waals surface area contributed by atoms with E-state index in [4.69, 9.17) is 9.15 Å². The Bertz CT molecular complexity index is 554. The van der Waals surface area contributed by atoms with E-state index in [1.807, 2.05) is 12.1 Å². The number of methoxy groups -OCH3 is 1. The Morgan fingerprint density at radius 3 is 3.00 bits per heavy atom. The van der Waals surface area contributed by atoms with E-state index in [1.54, 1.807) is 6.07 Å². The SMILES string of the molecule is COC(=O)Cc1ccc(Br)c(OCc2cocn2)c1. The average Bonchev–Trinajstić information content (AvgIpc) is 2.92. The van der Waals surface area contributed by atoms with Gasteiger partial charge in [-0.3, -0.25) is 4.79 Å². The van der Waals surface area contributed by atoms with Crippen molar-refractivity contribution >= 4 is 21.9 Å². The van der Waals surface area contributed by atoms with E-state index >= 15 is 0 Å². The van der Waals surface area contributed by atoms with Gasteiger partial charge in [0.15, 0.2) is 6.39 Å². The molecule has 1 aromatic heterocycles. The lowest BCUT2D eigenvalue weighted by molar-refractivity contribution is -0.139. The summed E-state index contributed by atoms with van der Waals surface area (Å²) in [6.07, 6.45) is 3.08. The lowest BCUT2D eigenvalue weighted by atomic mass is 10.1. The zero-order valence-electron chi connectivity index (χ0n) is 10.3. The highest BCUT2D eigenvalue weighted by Gasteiger charge is 2.08. The van der Waals surface area contributed by atoms with Crippen molar-refractivity contribution in [3.63, 3.8) is 0 Å². The average molecular weight is 326 g/mol. The zero-order valence-corrected chi connectivity index (χ0v) is 11.8. The number of carbonyl (C=O) groups is 1. The third kappa shape index (κ3) is 3.82. The van der Waals surface area contributed by atoms with Crippen molar-refractivity contribution in [1.29, 1.82) is 0 Å². The second kappa shape index (κ2) is 6.38. The van der Waals surface area contributed by atoms with Crippen LogP contribution in [-0.2, 0) is 22.6 Å². The summed E-state index contributed by atoms with van der Waals surface area (Å²) in [6.45, 7) is 0.302. The lowest BCUT2D eigenvalue weighted by Gasteiger charge is -2.08. The molecular weight excluding hydrogens is 314 g/mol. The minimum absolute atomic E-state index is 0.212. The Morgan fingerprint density at radius 1 is 1.47 bits per heavy atom. The van der Waals surface area contributed by atoms with Crippen molar-refractivity contribution in [3.05, 3.63) is 46.6 Å². The number of hydrogen-bond donors (Lipinski definition) is 0. The first-order valence-corrected chi connectivity index (χ1v) is 6.33. The maximum atomic E-state index is 11.2. The Hall–Kier alpha value is -1.82. The van der Waals surface area contributed by atoms with Crippen LogP contribution in [0.3, 0.4) is 0 Å². The third-order valence-electron chi connectivity index (χ3n) is 2.43. The van der Waals surface area contributed by atoms with Crippen LogP contribution >= 0.6 is 15.9 Å². The number of benzene rings is 1. The molecule has 0 saturated heterocycles. The summed E-state index contributed by atoms with van der Waals surface area (Å²) < 4.78 is 15.9. The van der Waals surface area contributed by atoms with Crippen LogP contribution in [-0.4, -0.2) is 18.1 Å². The third-order valence-corrected chi connectivity index (χ3v) is 3.09. The monoisotopic (exact) mass is 325 g/mol. The Balaban J connectivity index is 2.06. The number of hydrogen-bond acceptors (Lipinski definition) is 5. The fourth-order valence-electron chi connectivity index (χ4n) is 1.47. The van der Waals surface area contributed by atoms with Gasteiger partial charge in [0.2, 0.25) is 0 Å². The first kappa shape index (κ1) is 13.6. The number of halogens is 1. The first-order valence-electron chi connectivity index (χ1n) is 5.54. The molecule has 0 fully saturated rings. The molecule has 0 aliphatic rings. The second-order valence-electron chi connectivity index (χ2n) is 3.79. The summed E-state index contributed by atoms with van der Waals surface area (Å²) in [5, 5.41) is 0. The van der Waals surface area contributed by atoms with Gasteiger partial charge in [0, 0.05) is 0 Å². The summed E-state index contributed by atoms with van der Waals surface area (Å²) in [5.41, 5.74) is 1.52. The number of oxazole rings is 1. The summed E-state index contributed by atoms with van der Waals surface area (Å²) in [4.78, 5) is 15.2. The normalized spacial score (nSPS) is 10.2. The smallest absolute Gasteiger partial charge is 0.309 e. The van der Waals surface area contributed by atoms with E-state index < -0.39 is 0 Å². The largest absolute Gasteiger partial charge is 0.486 e. The van der Waals surface area contributed by atoms with E-state index in [-0.39, 0.29) is 12.4 Å². The standard InChI is InChI=1S/C13H12BrNO4/c1-17-13(16)5-9-2-3-11(14)12(4-9)19-7-10-6-18-8-15-10/h2-4,6,8H,5,7H2,1H3. The van der Waals surface area contributed by atoms with Crippen LogP contribution in [0, 0.1) is 0 Å². The minimum Gasteiger partial charge on any atom is -0.486 e. The maximum Gasteiger partial charge on any atom is 0.309 e. The second-order valence-corrected chi connectivity index (χ2v) is 4.64. The molecule has 2 aromatic rings. The number of rotatable bonds is 5. The maximum absolute atomic E-state index is 11.2. The van der Waals surface area contributed by atoms with Crippen LogP contribution in [0.2, 0.25) is 0 Å². The van der Waals surface area contributed by atoms with Gasteiger partial charge in [-0.05, 0) is 33.6 Å². The van der Waals surface area contributed by atoms with Crippen LogP contribution in [0.15, 0.2) is 39.7 Å². The number of carbonyl (C=O) groups excluding carboxylic acids is 1. The Labute approximate surface area is 118 Å². The van der Waals surface area contributed by atoms with Crippen LogP contribution in [0.4, 0.5) is 0 Å². The molecule has 0 amide bonds. The van der Waals surface area contributed by atoms with Gasteiger partial charge < -0.3 is 13.9 Å². The Kier molecular flexibility index (Phi) is 4.57. The highest BCUT2D eigenvalue weighted by molar-refractivity contribution is 9.10. The number of aromatic nitrogens is 1. The van der Waals surface area contributed by atoms with Crippen LogP contribution < -0.4 is 4.74 Å². The first-order chi connectivity index (χ1) is 9.19. The topological polar surface area (TPSA) is 61.6 Å². The van der Waals surface area contributed by atoms with Crippen molar-refractivity contribution in [2.45, 2.75) is 13.0 Å². The highest BCUT2D eigenvalue weighted by atomic mass is 79.9. The van der Waals surface area contributed by atoms with Gasteiger partial charge in [0.1, 0.15) is 24.3 Å². The molecule has 0 aliphatic carbocycles. The molecule has 5 nitrogen and oxygen atoms in total. The molecule has 0 aliphatic heterocycles. The molecule has 1 aromatic carbocycles. The number of esters is 1. The Morgan fingerprint density at radius 2 is 2.32 bits per heavy atom. The van der Waals surface area contributed by atoms with E-state index in [0.717, 1.165) is 10.0 Å². The van der Waals surface area contributed by atoms with Crippen LogP contribution in [0.5, 0.6) is 5.75 Å². The van der Waals surface area contributed by atoms with E-state index in [2.05, 4.69) is 25.7 Å². The molecule has 0 spiro atoms. The van der Waals surface area contributed by atoms with E-state index in [9.17, 15) is 4.79 Å². The predicted molar refractivity (Wildman–Crippen MR) is 70.7 cm³/mol. The molecule has 0 radical (unpaired) electrons. The molecule has 19 heavy (non-hydrogen) atoms. The summed E-state index contributed by atoms with van der Waals surface area (Å²) in [5.74, 6) is 0.356. The predicted octanol–water partition coefficient (Wildman–Crippen LogP) is 2.73. The van der Waals surface area contributed by atoms with Crippen molar-refractivity contribution in [2.24, 2.45) is 0 Å². The van der Waals surface area contributed by atoms with Gasteiger partial charge in [-0.1, -0.05) is 6.07 Å². The van der Waals surface area contributed by atoms with E-state index in [0.29, 0.717) is 18.1 Å². The van der Waals surface area contributed by atoms with Crippen LogP contribution in [0.1, 0.15) is 11.3 Å². The fourth-order valence-corrected chi connectivity index (χ4v) is 1.83. The molecule has 0 N–H and O–H groups in total. The van der Waals surface area contributed by atoms with Gasteiger partial charge in [0.25, 0.3) is 0 Å². The molecule has 0 saturated carbocycles. The van der Waals surface area contributed by atoms with Gasteiger partial charge in [-0.2, -0.15) is 0 Å². The molecule has 6 heteroatoms. The number of ether oxygens (including phenoxy) is 2. The molecule has 0 unspecified atom stereocenters. The molecule has 1 heterocycles. The molecule has 0 atom stereocenters. The van der Waals surface area contributed by atoms with Gasteiger partial charge >= 0.3 is 5.97 Å². The summed E-state index contributed by atoms with van der Waals surface area (Å²) in [6, 6.07) is 5.46. The van der Waals surface area contributed by atoms with E-state index in [1.165, 1.54) is 19.8 Å². The fraction of sp³-hybridized carbons (Fsp3) is 0.231. The van der Waals surface area contributed by atoms with Crippen molar-refractivity contribution in [2.75, 3.05) is 7.11 Å². The lowest BCUT2D eigenvalue weighted by Crippen LogP contribution is -2.05. The molecule has 2 rings (SSSR count). The van der Waals surface area contributed by atoms with Crippen molar-refractivity contribution < 1.29 is 18.7 Å². The quantitative estimate of drug-likeness (QED) is 0.791. The molecular formula is C13H12BrNO4. The summed E-state index contributed by atoms with van der Waals surface area (Å²) >= 11 is 3.39. The van der Waals surface area contributed by atoms with Gasteiger partial charge in [-0.25, -0.2) is 4.98 Å².